The van der Waals surface area contributed by atoms with Crippen molar-refractivity contribution in [1.82, 2.24) is 5.32 Å². The summed E-state index contributed by atoms with van der Waals surface area (Å²) in [5.41, 5.74) is 0.0627. The molecule has 2 amide bonds. The van der Waals surface area contributed by atoms with Crippen LogP contribution in [0.15, 0.2) is 24.3 Å². The number of nitrogens with one attached hydrogen (secondary N) is 2. The fraction of sp³-hybridized carbons (Fsp3) is 0.562. The lowest BCUT2D eigenvalue weighted by molar-refractivity contribution is 0.167. The van der Waals surface area contributed by atoms with Gasteiger partial charge < -0.3 is 20.5 Å². The van der Waals surface area contributed by atoms with E-state index in [1.54, 1.807) is 12.1 Å². The van der Waals surface area contributed by atoms with Crippen LogP contribution in [0.4, 0.5) is 10.5 Å². The second-order valence-corrected chi connectivity index (χ2v) is 5.42. The fourth-order valence-electron chi connectivity index (χ4n) is 2.05. The van der Waals surface area contributed by atoms with E-state index in [1.807, 2.05) is 32.9 Å². The highest BCUT2D eigenvalue weighted by molar-refractivity contribution is 5.89. The molecule has 0 saturated carbocycles. The molecule has 0 bridgehead atoms. The Balaban J connectivity index is 2.61. The van der Waals surface area contributed by atoms with Gasteiger partial charge in [0.15, 0.2) is 0 Å². The number of benzene rings is 1. The highest BCUT2D eigenvalue weighted by Gasteiger charge is 2.24. The van der Waals surface area contributed by atoms with Crippen molar-refractivity contribution in [2.45, 2.75) is 45.6 Å². The Kier molecular flexibility index (Phi) is 7.02. The molecule has 1 unspecified atom stereocenters. The van der Waals surface area contributed by atoms with Crippen LogP contribution in [-0.2, 0) is 0 Å². The summed E-state index contributed by atoms with van der Waals surface area (Å²) in [5.74, 6) is 0.730. The van der Waals surface area contributed by atoms with Crippen LogP contribution < -0.4 is 15.4 Å². The maximum atomic E-state index is 12.0. The average Bonchev–Trinajstić information content (AvgIpc) is 2.45. The van der Waals surface area contributed by atoms with Crippen molar-refractivity contribution in [3.05, 3.63) is 24.3 Å². The predicted octanol–water partition coefficient (Wildman–Crippen LogP) is 3.15. The molecule has 5 nitrogen and oxygen atoms in total. The summed E-state index contributed by atoms with van der Waals surface area (Å²) in [6.07, 6.45) is 2.54. The maximum absolute atomic E-state index is 12.0. The van der Waals surface area contributed by atoms with Gasteiger partial charge in [0.25, 0.3) is 0 Å². The number of hydrogen-bond acceptors (Lipinski definition) is 3. The van der Waals surface area contributed by atoms with Crippen LogP contribution >= 0.6 is 0 Å². The lowest BCUT2D eigenvalue weighted by Crippen LogP contribution is -2.50. The van der Waals surface area contributed by atoms with Crippen molar-refractivity contribution in [2.75, 3.05) is 18.5 Å². The van der Waals surface area contributed by atoms with Gasteiger partial charge in [0.1, 0.15) is 5.75 Å². The van der Waals surface area contributed by atoms with Gasteiger partial charge in [0.05, 0.1) is 18.8 Å². The van der Waals surface area contributed by atoms with Gasteiger partial charge >= 0.3 is 6.03 Å². The molecular formula is C16H26N2O3. The quantitative estimate of drug-likeness (QED) is 0.689. The van der Waals surface area contributed by atoms with Crippen molar-refractivity contribution >= 4 is 11.7 Å². The molecule has 21 heavy (non-hydrogen) atoms. The van der Waals surface area contributed by atoms with Crippen molar-refractivity contribution < 1.29 is 14.6 Å². The van der Waals surface area contributed by atoms with Crippen molar-refractivity contribution in [3.8, 4) is 5.75 Å². The van der Waals surface area contributed by atoms with Gasteiger partial charge in [0, 0.05) is 11.8 Å². The summed E-state index contributed by atoms with van der Waals surface area (Å²) in [7, 11) is 0. The third-order valence-electron chi connectivity index (χ3n) is 3.13. The van der Waals surface area contributed by atoms with E-state index >= 15 is 0 Å². The molecule has 3 N–H and O–H groups in total. The molecule has 5 heteroatoms. The minimum absolute atomic E-state index is 0.0894. The standard InChI is InChI=1S/C16H26N2O3/c1-4-9-16(3,12-19)18-15(20)17-13-7-6-8-14(11-13)21-10-5-2/h6-8,11,19H,4-5,9-10,12H2,1-3H3,(H2,17,18,20). The number of anilines is 1. The Morgan fingerprint density at radius 3 is 2.71 bits per heavy atom. The maximum Gasteiger partial charge on any atom is 0.319 e. The number of carbonyl (C=O) groups is 1. The molecule has 0 radical (unpaired) electrons. The predicted molar refractivity (Wildman–Crippen MR) is 84.8 cm³/mol. The SMILES string of the molecule is CCCOc1cccc(NC(=O)NC(C)(CO)CCC)c1. The molecule has 0 fully saturated rings. The molecule has 1 atom stereocenters. The van der Waals surface area contributed by atoms with Gasteiger partial charge in [-0.25, -0.2) is 4.79 Å². The van der Waals surface area contributed by atoms with Gasteiger partial charge in [0.2, 0.25) is 0 Å². The zero-order chi connectivity index (χ0) is 15.7. The summed E-state index contributed by atoms with van der Waals surface area (Å²) < 4.78 is 5.53. The lowest BCUT2D eigenvalue weighted by Gasteiger charge is -2.28. The number of urea groups is 1. The smallest absolute Gasteiger partial charge is 0.319 e. The highest BCUT2D eigenvalue weighted by atomic mass is 16.5. The number of aliphatic hydroxyl groups is 1. The van der Waals surface area contributed by atoms with E-state index in [9.17, 15) is 9.90 Å². The normalized spacial score (nSPS) is 13.3. The Hall–Kier alpha value is -1.75. The van der Waals surface area contributed by atoms with Crippen LogP contribution in [0.3, 0.4) is 0 Å². The van der Waals surface area contributed by atoms with E-state index in [2.05, 4.69) is 10.6 Å². The highest BCUT2D eigenvalue weighted by Crippen LogP contribution is 2.18. The summed E-state index contributed by atoms with van der Waals surface area (Å²) >= 11 is 0. The van der Waals surface area contributed by atoms with Crippen LogP contribution in [0.25, 0.3) is 0 Å². The van der Waals surface area contributed by atoms with Gasteiger partial charge in [-0.05, 0) is 31.9 Å². The summed E-state index contributed by atoms with van der Waals surface area (Å²) in [5, 5.41) is 15.0. The Bertz CT molecular complexity index is 451. The van der Waals surface area contributed by atoms with Gasteiger partial charge in [-0.1, -0.05) is 26.3 Å². The fourth-order valence-corrected chi connectivity index (χ4v) is 2.05. The Morgan fingerprint density at radius 1 is 1.33 bits per heavy atom. The second kappa shape index (κ2) is 8.52. The molecule has 0 aromatic heterocycles. The third kappa shape index (κ3) is 6.04. The van der Waals surface area contributed by atoms with E-state index in [0.717, 1.165) is 25.0 Å². The first kappa shape index (κ1) is 17.3. The number of amides is 2. The molecule has 0 spiro atoms. The van der Waals surface area contributed by atoms with E-state index in [0.29, 0.717) is 12.3 Å². The van der Waals surface area contributed by atoms with E-state index in [-0.39, 0.29) is 12.6 Å². The summed E-state index contributed by atoms with van der Waals surface area (Å²) in [6.45, 7) is 6.44. The third-order valence-corrected chi connectivity index (χ3v) is 3.13. The molecule has 0 saturated heterocycles. The first-order valence-corrected chi connectivity index (χ1v) is 7.46. The van der Waals surface area contributed by atoms with Crippen molar-refractivity contribution in [1.29, 1.82) is 0 Å². The molecule has 0 aliphatic carbocycles. The number of carbonyl (C=O) groups excluding carboxylic acids is 1. The minimum atomic E-state index is -0.602. The number of ether oxygens (including phenoxy) is 1. The lowest BCUT2D eigenvalue weighted by atomic mass is 9.98. The van der Waals surface area contributed by atoms with Gasteiger partial charge in [-0.2, -0.15) is 0 Å². The van der Waals surface area contributed by atoms with E-state index in [4.69, 9.17) is 4.74 Å². The van der Waals surface area contributed by atoms with Crippen LogP contribution in [0.1, 0.15) is 40.0 Å². The zero-order valence-electron chi connectivity index (χ0n) is 13.1. The molecule has 0 heterocycles. The molecule has 1 aromatic rings. The van der Waals surface area contributed by atoms with Gasteiger partial charge in [-0.3, -0.25) is 0 Å². The number of aliphatic hydroxyl groups excluding tert-OH is 1. The summed E-state index contributed by atoms with van der Waals surface area (Å²) in [4.78, 5) is 12.0. The number of hydrogen-bond donors (Lipinski definition) is 3. The first-order chi connectivity index (χ1) is 10.0. The second-order valence-electron chi connectivity index (χ2n) is 5.42. The van der Waals surface area contributed by atoms with Crippen LogP contribution in [0, 0.1) is 0 Å². The molecule has 118 valence electrons. The van der Waals surface area contributed by atoms with Crippen LogP contribution in [0.5, 0.6) is 5.75 Å². The van der Waals surface area contributed by atoms with E-state index < -0.39 is 5.54 Å². The molecule has 0 aliphatic heterocycles. The number of rotatable bonds is 8. The van der Waals surface area contributed by atoms with Gasteiger partial charge in [-0.15, -0.1) is 0 Å². The molecule has 1 aromatic carbocycles. The monoisotopic (exact) mass is 294 g/mol. The molecule has 0 aliphatic rings. The van der Waals surface area contributed by atoms with E-state index in [1.165, 1.54) is 0 Å². The minimum Gasteiger partial charge on any atom is -0.494 e. The van der Waals surface area contributed by atoms with Crippen LogP contribution in [-0.4, -0.2) is 29.9 Å². The Morgan fingerprint density at radius 2 is 2.10 bits per heavy atom. The summed E-state index contributed by atoms with van der Waals surface area (Å²) in [6, 6.07) is 6.94. The zero-order valence-corrected chi connectivity index (χ0v) is 13.1. The first-order valence-electron chi connectivity index (χ1n) is 7.46. The van der Waals surface area contributed by atoms with Crippen LogP contribution in [0.2, 0.25) is 0 Å². The molecule has 1 rings (SSSR count). The topological polar surface area (TPSA) is 70.6 Å². The van der Waals surface area contributed by atoms with Crippen molar-refractivity contribution in [3.63, 3.8) is 0 Å². The largest absolute Gasteiger partial charge is 0.494 e. The van der Waals surface area contributed by atoms with Crippen molar-refractivity contribution in [2.24, 2.45) is 0 Å². The Labute approximate surface area is 126 Å². The average molecular weight is 294 g/mol. The molecular weight excluding hydrogens is 268 g/mol.